The molecule has 0 atom stereocenters. The van der Waals surface area contributed by atoms with Crippen molar-refractivity contribution in [3.63, 3.8) is 0 Å². The van der Waals surface area contributed by atoms with Crippen molar-refractivity contribution >= 4 is 0 Å². The molecular weight excluding hydrogens is 226 g/mol. The first kappa shape index (κ1) is 13.4. The van der Waals surface area contributed by atoms with Crippen LogP contribution in [0.5, 0.6) is 5.75 Å². The molecule has 1 aromatic rings. The van der Waals surface area contributed by atoms with Crippen LogP contribution < -0.4 is 10.1 Å². The molecular formula is C15H23NO2. The van der Waals surface area contributed by atoms with Gasteiger partial charge in [-0.15, -0.1) is 0 Å². The van der Waals surface area contributed by atoms with Gasteiger partial charge in [-0.05, 0) is 25.0 Å². The normalized spacial score (nSPS) is 16.0. The number of ether oxygens (including phenoxy) is 2. The summed E-state index contributed by atoms with van der Waals surface area (Å²) >= 11 is 0. The molecule has 0 unspecified atom stereocenters. The van der Waals surface area contributed by atoms with E-state index in [1.54, 1.807) is 0 Å². The molecule has 1 N–H and O–H groups in total. The standard InChI is InChI=1S/C15H23NO2/c1-2-8-15(9-3-1)18-13-12-17-11-10-16-14-6-4-5-7-14/h1-3,8-9,14,16H,4-7,10-13H2. The molecule has 1 saturated carbocycles. The van der Waals surface area contributed by atoms with E-state index in [0.717, 1.165) is 24.9 Å². The van der Waals surface area contributed by atoms with E-state index in [2.05, 4.69) is 5.32 Å². The largest absolute Gasteiger partial charge is 0.491 e. The molecule has 0 heterocycles. The zero-order valence-electron chi connectivity index (χ0n) is 10.9. The molecule has 1 aliphatic carbocycles. The molecule has 0 radical (unpaired) electrons. The Labute approximate surface area is 109 Å². The molecule has 3 heteroatoms. The molecule has 2 rings (SSSR count). The number of rotatable bonds is 8. The van der Waals surface area contributed by atoms with Gasteiger partial charge >= 0.3 is 0 Å². The van der Waals surface area contributed by atoms with Gasteiger partial charge in [0.2, 0.25) is 0 Å². The van der Waals surface area contributed by atoms with Crippen LogP contribution in [0.2, 0.25) is 0 Å². The molecule has 1 aromatic carbocycles. The predicted molar refractivity (Wildman–Crippen MR) is 73.0 cm³/mol. The Balaban J connectivity index is 1.42. The summed E-state index contributed by atoms with van der Waals surface area (Å²) in [4.78, 5) is 0. The number of para-hydroxylation sites is 1. The summed E-state index contributed by atoms with van der Waals surface area (Å²) in [5, 5.41) is 3.52. The zero-order valence-corrected chi connectivity index (χ0v) is 10.9. The van der Waals surface area contributed by atoms with Gasteiger partial charge in [0.25, 0.3) is 0 Å². The average molecular weight is 249 g/mol. The lowest BCUT2D eigenvalue weighted by Gasteiger charge is -2.12. The Morgan fingerprint density at radius 3 is 2.56 bits per heavy atom. The van der Waals surface area contributed by atoms with E-state index in [-0.39, 0.29) is 0 Å². The SMILES string of the molecule is c1ccc(OCCOCCNC2CCCC2)cc1. The van der Waals surface area contributed by atoms with E-state index < -0.39 is 0 Å². The Morgan fingerprint density at radius 2 is 1.78 bits per heavy atom. The predicted octanol–water partition coefficient (Wildman–Crippen LogP) is 2.61. The van der Waals surface area contributed by atoms with Crippen LogP contribution in [0.4, 0.5) is 0 Å². The van der Waals surface area contributed by atoms with Gasteiger partial charge in [0.15, 0.2) is 0 Å². The highest BCUT2D eigenvalue weighted by Gasteiger charge is 2.12. The van der Waals surface area contributed by atoms with Crippen LogP contribution in [0.3, 0.4) is 0 Å². The van der Waals surface area contributed by atoms with Crippen LogP contribution in [-0.4, -0.2) is 32.4 Å². The maximum Gasteiger partial charge on any atom is 0.119 e. The molecule has 1 fully saturated rings. The van der Waals surface area contributed by atoms with Crippen LogP contribution in [0.25, 0.3) is 0 Å². The first-order valence-corrected chi connectivity index (χ1v) is 6.94. The zero-order chi connectivity index (χ0) is 12.5. The van der Waals surface area contributed by atoms with Crippen LogP contribution in [0, 0.1) is 0 Å². The number of hydrogen-bond donors (Lipinski definition) is 1. The summed E-state index contributed by atoms with van der Waals surface area (Å²) in [7, 11) is 0. The van der Waals surface area contributed by atoms with Crippen molar-refractivity contribution in [1.29, 1.82) is 0 Å². The Morgan fingerprint density at radius 1 is 1.00 bits per heavy atom. The fraction of sp³-hybridized carbons (Fsp3) is 0.600. The lowest BCUT2D eigenvalue weighted by molar-refractivity contribution is 0.100. The van der Waals surface area contributed by atoms with E-state index in [1.165, 1.54) is 25.7 Å². The molecule has 0 bridgehead atoms. The van der Waals surface area contributed by atoms with Crippen molar-refractivity contribution < 1.29 is 9.47 Å². The van der Waals surface area contributed by atoms with Gasteiger partial charge < -0.3 is 14.8 Å². The molecule has 0 aromatic heterocycles. The lowest BCUT2D eigenvalue weighted by atomic mass is 10.2. The van der Waals surface area contributed by atoms with Gasteiger partial charge in [0.1, 0.15) is 12.4 Å². The number of hydrogen-bond acceptors (Lipinski definition) is 3. The van der Waals surface area contributed by atoms with E-state index in [4.69, 9.17) is 9.47 Å². The third-order valence-corrected chi connectivity index (χ3v) is 3.27. The smallest absolute Gasteiger partial charge is 0.119 e. The van der Waals surface area contributed by atoms with E-state index in [0.29, 0.717) is 13.2 Å². The lowest BCUT2D eigenvalue weighted by Crippen LogP contribution is -2.29. The van der Waals surface area contributed by atoms with Gasteiger partial charge in [0.05, 0.1) is 13.2 Å². The maximum atomic E-state index is 5.54. The topological polar surface area (TPSA) is 30.5 Å². The third kappa shape index (κ3) is 5.07. The monoisotopic (exact) mass is 249 g/mol. The molecule has 100 valence electrons. The van der Waals surface area contributed by atoms with Crippen molar-refractivity contribution in [3.8, 4) is 5.75 Å². The Kier molecular flexibility index (Phi) is 6.03. The Hall–Kier alpha value is -1.06. The summed E-state index contributed by atoms with van der Waals surface area (Å²) in [5.41, 5.74) is 0. The van der Waals surface area contributed by atoms with Crippen LogP contribution in [0.15, 0.2) is 30.3 Å². The van der Waals surface area contributed by atoms with Crippen molar-refractivity contribution in [1.82, 2.24) is 5.32 Å². The fourth-order valence-corrected chi connectivity index (χ4v) is 2.30. The summed E-state index contributed by atoms with van der Waals surface area (Å²) in [6.45, 7) is 3.00. The van der Waals surface area contributed by atoms with Gasteiger partial charge in [0, 0.05) is 12.6 Å². The highest BCUT2D eigenvalue weighted by molar-refractivity contribution is 5.20. The van der Waals surface area contributed by atoms with Crippen molar-refractivity contribution in [3.05, 3.63) is 30.3 Å². The minimum absolute atomic E-state index is 0.618. The highest BCUT2D eigenvalue weighted by atomic mass is 16.5. The van der Waals surface area contributed by atoms with Crippen LogP contribution in [0.1, 0.15) is 25.7 Å². The van der Waals surface area contributed by atoms with Crippen molar-refractivity contribution in [2.75, 3.05) is 26.4 Å². The molecule has 1 aliphatic rings. The fourth-order valence-electron chi connectivity index (χ4n) is 2.30. The second kappa shape index (κ2) is 8.11. The summed E-state index contributed by atoms with van der Waals surface area (Å²) in [6.07, 6.45) is 5.42. The molecule has 3 nitrogen and oxygen atoms in total. The van der Waals surface area contributed by atoms with Gasteiger partial charge in [-0.25, -0.2) is 0 Å². The molecule has 0 saturated heterocycles. The first-order chi connectivity index (χ1) is 8.95. The Bertz CT molecular complexity index is 310. The second-order valence-corrected chi connectivity index (χ2v) is 4.71. The summed E-state index contributed by atoms with van der Waals surface area (Å²) < 4.78 is 11.1. The van der Waals surface area contributed by atoms with Crippen LogP contribution >= 0.6 is 0 Å². The minimum Gasteiger partial charge on any atom is -0.491 e. The van der Waals surface area contributed by atoms with Crippen LogP contribution in [-0.2, 0) is 4.74 Å². The second-order valence-electron chi connectivity index (χ2n) is 4.71. The van der Waals surface area contributed by atoms with Gasteiger partial charge in [-0.1, -0.05) is 31.0 Å². The van der Waals surface area contributed by atoms with E-state index in [1.807, 2.05) is 30.3 Å². The summed E-state index contributed by atoms with van der Waals surface area (Å²) in [6, 6.07) is 10.6. The highest BCUT2D eigenvalue weighted by Crippen LogP contribution is 2.17. The molecule has 0 spiro atoms. The van der Waals surface area contributed by atoms with Crippen molar-refractivity contribution in [2.45, 2.75) is 31.7 Å². The van der Waals surface area contributed by atoms with Gasteiger partial charge in [-0.3, -0.25) is 0 Å². The van der Waals surface area contributed by atoms with Gasteiger partial charge in [-0.2, -0.15) is 0 Å². The molecule has 0 amide bonds. The minimum atomic E-state index is 0.618. The van der Waals surface area contributed by atoms with Crippen molar-refractivity contribution in [2.24, 2.45) is 0 Å². The quantitative estimate of drug-likeness (QED) is 0.718. The third-order valence-electron chi connectivity index (χ3n) is 3.27. The number of nitrogens with one attached hydrogen (secondary N) is 1. The molecule has 18 heavy (non-hydrogen) atoms. The maximum absolute atomic E-state index is 5.54. The average Bonchev–Trinajstić information content (AvgIpc) is 2.92. The number of benzene rings is 1. The van der Waals surface area contributed by atoms with E-state index in [9.17, 15) is 0 Å². The van der Waals surface area contributed by atoms with E-state index >= 15 is 0 Å². The molecule has 0 aliphatic heterocycles. The first-order valence-electron chi connectivity index (χ1n) is 6.94. The summed E-state index contributed by atoms with van der Waals surface area (Å²) in [5.74, 6) is 0.908.